The second-order valence-corrected chi connectivity index (χ2v) is 5.84. The number of benzene rings is 1. The number of aromatic nitrogens is 2. The molecule has 1 atom stereocenters. The van der Waals surface area contributed by atoms with Gasteiger partial charge < -0.3 is 0 Å². The molecule has 0 aliphatic carbocycles. The smallest absolute Gasteiger partial charge is 0.295 e. The molecule has 98 valence electrons. The fourth-order valence-electron chi connectivity index (χ4n) is 1.88. The van der Waals surface area contributed by atoms with Gasteiger partial charge in [0.2, 0.25) is 0 Å². The highest BCUT2D eigenvalue weighted by Crippen LogP contribution is 2.36. The van der Waals surface area contributed by atoms with Crippen LogP contribution in [-0.4, -0.2) is 15.6 Å². The number of rotatable bonds is 2. The lowest BCUT2D eigenvalue weighted by molar-refractivity contribution is 0.147. The van der Waals surface area contributed by atoms with Gasteiger partial charge in [-0.1, -0.05) is 31.9 Å². The first-order chi connectivity index (χ1) is 8.34. The van der Waals surface area contributed by atoms with Gasteiger partial charge in [-0.25, -0.2) is 13.6 Å². The van der Waals surface area contributed by atoms with E-state index in [4.69, 9.17) is 0 Å². The van der Waals surface area contributed by atoms with E-state index in [2.05, 4.69) is 31.9 Å². The molecular formula is C11H10Br2F2N2O. The molecule has 0 N–H and O–H groups in total. The van der Waals surface area contributed by atoms with Crippen LogP contribution in [0.15, 0.2) is 21.4 Å². The molecule has 18 heavy (non-hydrogen) atoms. The Morgan fingerprint density at radius 2 is 1.67 bits per heavy atom. The first-order valence-electron chi connectivity index (χ1n) is 5.11. The van der Waals surface area contributed by atoms with Crippen LogP contribution in [0.3, 0.4) is 0 Å². The quantitative estimate of drug-likeness (QED) is 0.730. The SMILES string of the molecule is Cn1c(=O)n(C)c2cc(C(Br)C(F)F)c(Br)cc21. The fraction of sp³-hybridized carbons (Fsp3) is 0.364. The van der Waals surface area contributed by atoms with Crippen molar-refractivity contribution in [3.8, 4) is 0 Å². The van der Waals surface area contributed by atoms with Gasteiger partial charge in [0.25, 0.3) is 6.43 Å². The molecule has 2 aromatic rings. The molecule has 0 fully saturated rings. The third-order valence-corrected chi connectivity index (χ3v) is 4.49. The summed E-state index contributed by atoms with van der Waals surface area (Å²) in [6, 6.07) is 3.29. The number of halogens is 4. The summed E-state index contributed by atoms with van der Waals surface area (Å²) in [6.07, 6.45) is -2.51. The first kappa shape index (κ1) is 13.7. The van der Waals surface area contributed by atoms with Gasteiger partial charge in [0.15, 0.2) is 0 Å². The lowest BCUT2D eigenvalue weighted by Gasteiger charge is -2.11. The maximum absolute atomic E-state index is 12.7. The first-order valence-corrected chi connectivity index (χ1v) is 6.82. The molecule has 2 rings (SSSR count). The highest BCUT2D eigenvalue weighted by Gasteiger charge is 2.23. The molecule has 1 aromatic heterocycles. The summed E-state index contributed by atoms with van der Waals surface area (Å²) in [7, 11) is 3.27. The highest BCUT2D eigenvalue weighted by molar-refractivity contribution is 9.11. The Morgan fingerprint density at radius 1 is 1.17 bits per heavy atom. The van der Waals surface area contributed by atoms with Crippen LogP contribution in [0.1, 0.15) is 10.4 Å². The van der Waals surface area contributed by atoms with Crippen LogP contribution in [0.5, 0.6) is 0 Å². The Labute approximate surface area is 119 Å². The number of hydrogen-bond acceptors (Lipinski definition) is 1. The van der Waals surface area contributed by atoms with Crippen LogP contribution in [0.4, 0.5) is 8.78 Å². The Kier molecular flexibility index (Phi) is 3.64. The normalized spacial score (nSPS) is 13.5. The fourth-order valence-corrected chi connectivity index (χ4v) is 3.15. The van der Waals surface area contributed by atoms with E-state index in [0.717, 1.165) is 0 Å². The largest absolute Gasteiger partial charge is 0.328 e. The maximum atomic E-state index is 12.7. The van der Waals surface area contributed by atoms with E-state index in [1.807, 2.05) is 0 Å². The summed E-state index contributed by atoms with van der Waals surface area (Å²) in [5.74, 6) is 0. The van der Waals surface area contributed by atoms with Crippen molar-refractivity contribution in [2.75, 3.05) is 0 Å². The lowest BCUT2D eigenvalue weighted by atomic mass is 10.1. The van der Waals surface area contributed by atoms with Crippen LogP contribution in [0, 0.1) is 0 Å². The minimum Gasteiger partial charge on any atom is -0.295 e. The molecule has 0 amide bonds. The number of nitrogens with zero attached hydrogens (tertiary/aromatic N) is 2. The monoisotopic (exact) mass is 382 g/mol. The molecule has 7 heteroatoms. The Morgan fingerprint density at radius 3 is 2.17 bits per heavy atom. The predicted molar refractivity (Wildman–Crippen MR) is 73.5 cm³/mol. The summed E-state index contributed by atoms with van der Waals surface area (Å²) in [6.45, 7) is 0. The summed E-state index contributed by atoms with van der Waals surface area (Å²) >= 11 is 6.23. The van der Waals surface area contributed by atoms with E-state index in [9.17, 15) is 13.6 Å². The van der Waals surface area contributed by atoms with E-state index in [0.29, 0.717) is 21.1 Å². The molecule has 0 aliphatic heterocycles. The zero-order chi connectivity index (χ0) is 13.6. The number of imidazole rings is 1. The zero-order valence-corrected chi connectivity index (χ0v) is 12.8. The molecule has 1 aromatic carbocycles. The van der Waals surface area contributed by atoms with Gasteiger partial charge in [-0.05, 0) is 17.7 Å². The Balaban J connectivity index is 2.77. The van der Waals surface area contributed by atoms with E-state index < -0.39 is 11.3 Å². The van der Waals surface area contributed by atoms with E-state index in [1.54, 1.807) is 26.2 Å². The molecule has 1 heterocycles. The number of fused-ring (bicyclic) bond motifs is 1. The minimum absolute atomic E-state index is 0.183. The predicted octanol–water partition coefficient (Wildman–Crippen LogP) is 3.34. The van der Waals surface area contributed by atoms with Gasteiger partial charge in [-0.2, -0.15) is 0 Å². The van der Waals surface area contributed by atoms with Crippen LogP contribution in [0.25, 0.3) is 11.0 Å². The Bertz CT molecular complexity index is 663. The molecule has 3 nitrogen and oxygen atoms in total. The van der Waals surface area contributed by atoms with Crippen LogP contribution >= 0.6 is 31.9 Å². The van der Waals surface area contributed by atoms with Crippen molar-refractivity contribution < 1.29 is 8.78 Å². The Hall–Kier alpha value is -0.690. The molecule has 0 saturated carbocycles. The van der Waals surface area contributed by atoms with Gasteiger partial charge in [0.05, 0.1) is 11.0 Å². The number of aryl methyl sites for hydroxylation is 2. The third kappa shape index (κ3) is 2.03. The van der Waals surface area contributed by atoms with Gasteiger partial charge in [-0.3, -0.25) is 9.13 Å². The third-order valence-electron chi connectivity index (χ3n) is 2.91. The molecule has 0 radical (unpaired) electrons. The molecule has 0 spiro atoms. The second kappa shape index (κ2) is 4.77. The van der Waals surface area contributed by atoms with Crippen molar-refractivity contribution in [2.24, 2.45) is 14.1 Å². The van der Waals surface area contributed by atoms with Crippen molar-refractivity contribution in [1.29, 1.82) is 0 Å². The van der Waals surface area contributed by atoms with Crippen molar-refractivity contribution in [1.82, 2.24) is 9.13 Å². The van der Waals surface area contributed by atoms with E-state index in [1.165, 1.54) is 9.13 Å². The van der Waals surface area contributed by atoms with Crippen LogP contribution in [-0.2, 0) is 14.1 Å². The summed E-state index contributed by atoms with van der Waals surface area (Å²) in [4.78, 5) is 10.7. The average molecular weight is 384 g/mol. The van der Waals surface area contributed by atoms with E-state index >= 15 is 0 Å². The van der Waals surface area contributed by atoms with Crippen molar-refractivity contribution in [2.45, 2.75) is 11.3 Å². The molecule has 0 saturated heterocycles. The van der Waals surface area contributed by atoms with Gasteiger partial charge in [0, 0.05) is 18.6 Å². The van der Waals surface area contributed by atoms with Gasteiger partial charge >= 0.3 is 5.69 Å². The second-order valence-electron chi connectivity index (χ2n) is 4.00. The molecule has 0 bridgehead atoms. The lowest BCUT2D eigenvalue weighted by Crippen LogP contribution is -2.19. The topological polar surface area (TPSA) is 26.9 Å². The van der Waals surface area contributed by atoms with Gasteiger partial charge in [-0.15, -0.1) is 0 Å². The maximum Gasteiger partial charge on any atom is 0.328 e. The minimum atomic E-state index is -2.51. The molecule has 1 unspecified atom stereocenters. The van der Waals surface area contributed by atoms with Crippen LogP contribution in [0.2, 0.25) is 0 Å². The van der Waals surface area contributed by atoms with Gasteiger partial charge in [0.1, 0.15) is 4.83 Å². The zero-order valence-electron chi connectivity index (χ0n) is 9.62. The van der Waals surface area contributed by atoms with Crippen molar-refractivity contribution in [3.63, 3.8) is 0 Å². The van der Waals surface area contributed by atoms with Crippen LogP contribution < -0.4 is 5.69 Å². The van der Waals surface area contributed by atoms with Crippen molar-refractivity contribution in [3.05, 3.63) is 32.7 Å². The number of hydrogen-bond donors (Lipinski definition) is 0. The average Bonchev–Trinajstić information content (AvgIpc) is 2.53. The summed E-state index contributed by atoms with van der Waals surface area (Å²) in [5.41, 5.74) is 1.58. The highest BCUT2D eigenvalue weighted by atomic mass is 79.9. The standard InChI is InChI=1S/C11H10Br2F2N2O/c1-16-7-3-5(9(13)10(14)15)6(12)4-8(7)17(2)11(16)18/h3-4,9-10H,1-2H3. The van der Waals surface area contributed by atoms with Crippen molar-refractivity contribution >= 4 is 42.9 Å². The number of alkyl halides is 3. The summed E-state index contributed by atoms with van der Waals surface area (Å²) in [5, 5.41) is 0. The molecular weight excluding hydrogens is 374 g/mol. The summed E-state index contributed by atoms with van der Waals surface area (Å²) < 4.78 is 29.0. The molecule has 0 aliphatic rings. The van der Waals surface area contributed by atoms with E-state index in [-0.39, 0.29) is 5.69 Å².